The summed E-state index contributed by atoms with van der Waals surface area (Å²) in [6, 6.07) is 3.65. The molecular formula is C13H16FNO3. The van der Waals surface area contributed by atoms with Gasteiger partial charge in [0.25, 0.3) is 0 Å². The van der Waals surface area contributed by atoms with Crippen molar-refractivity contribution in [3.63, 3.8) is 0 Å². The molecule has 1 aromatic carbocycles. The van der Waals surface area contributed by atoms with E-state index >= 15 is 0 Å². The van der Waals surface area contributed by atoms with Gasteiger partial charge in [0.1, 0.15) is 0 Å². The third kappa shape index (κ3) is 3.20. The van der Waals surface area contributed by atoms with E-state index in [1.54, 1.807) is 6.07 Å². The van der Waals surface area contributed by atoms with E-state index in [1.165, 1.54) is 12.1 Å². The van der Waals surface area contributed by atoms with Crippen molar-refractivity contribution in [2.24, 2.45) is 11.7 Å². The van der Waals surface area contributed by atoms with Gasteiger partial charge in [-0.3, -0.25) is 4.79 Å². The Hall–Kier alpha value is -1.62. The van der Waals surface area contributed by atoms with Gasteiger partial charge in [-0.15, -0.1) is 0 Å². The van der Waals surface area contributed by atoms with Gasteiger partial charge in [-0.05, 0) is 24.8 Å². The number of benzene rings is 1. The summed E-state index contributed by atoms with van der Waals surface area (Å²) in [5.74, 6) is -0.916. The monoisotopic (exact) mass is 253 g/mol. The van der Waals surface area contributed by atoms with Crippen molar-refractivity contribution in [3.8, 4) is 5.75 Å². The lowest BCUT2D eigenvalue weighted by Gasteiger charge is -2.16. The third-order valence-electron chi connectivity index (χ3n) is 2.95. The van der Waals surface area contributed by atoms with E-state index in [-0.39, 0.29) is 12.2 Å². The number of nitrogens with two attached hydrogens (primary N) is 1. The van der Waals surface area contributed by atoms with E-state index in [0.717, 1.165) is 12.8 Å². The van der Waals surface area contributed by atoms with Crippen molar-refractivity contribution in [1.29, 1.82) is 0 Å². The maximum absolute atomic E-state index is 13.7. The maximum atomic E-state index is 13.7. The summed E-state index contributed by atoms with van der Waals surface area (Å²) in [5, 5.41) is 8.72. The summed E-state index contributed by atoms with van der Waals surface area (Å²) in [7, 11) is 0. The van der Waals surface area contributed by atoms with Crippen LogP contribution in [0.15, 0.2) is 18.2 Å². The van der Waals surface area contributed by atoms with Gasteiger partial charge in [0, 0.05) is 11.6 Å². The minimum Gasteiger partial charge on any atom is -0.490 e. The molecule has 0 amide bonds. The second-order valence-electron chi connectivity index (χ2n) is 4.62. The Balaban J connectivity index is 2.15. The molecule has 1 aliphatic carbocycles. The Kier molecular flexibility index (Phi) is 3.81. The normalized spacial score (nSPS) is 16.3. The molecule has 4 nitrogen and oxygen atoms in total. The number of carbonyl (C=O) groups is 1. The van der Waals surface area contributed by atoms with Gasteiger partial charge in [0.2, 0.25) is 0 Å². The smallest absolute Gasteiger partial charge is 0.305 e. The van der Waals surface area contributed by atoms with Crippen molar-refractivity contribution < 1.29 is 19.0 Å². The zero-order valence-corrected chi connectivity index (χ0v) is 9.93. The number of hydrogen-bond donors (Lipinski definition) is 2. The highest BCUT2D eigenvalue weighted by molar-refractivity contribution is 5.68. The lowest BCUT2D eigenvalue weighted by atomic mass is 10.0. The van der Waals surface area contributed by atoms with Gasteiger partial charge in [-0.25, -0.2) is 4.39 Å². The molecule has 0 bridgehead atoms. The topological polar surface area (TPSA) is 72.6 Å². The molecule has 0 aliphatic heterocycles. The van der Waals surface area contributed by atoms with Gasteiger partial charge in [0.15, 0.2) is 11.6 Å². The predicted octanol–water partition coefficient (Wildman–Crippen LogP) is 2.09. The maximum Gasteiger partial charge on any atom is 0.305 e. The van der Waals surface area contributed by atoms with Crippen LogP contribution in [0.25, 0.3) is 0 Å². The molecule has 3 N–H and O–H groups in total. The van der Waals surface area contributed by atoms with E-state index in [2.05, 4.69) is 0 Å². The molecule has 18 heavy (non-hydrogen) atoms. The molecular weight excluding hydrogens is 237 g/mol. The van der Waals surface area contributed by atoms with Crippen LogP contribution in [0.2, 0.25) is 0 Å². The van der Waals surface area contributed by atoms with Crippen LogP contribution in [0, 0.1) is 11.7 Å². The van der Waals surface area contributed by atoms with Crippen LogP contribution in [-0.2, 0) is 4.79 Å². The molecule has 0 saturated heterocycles. The molecule has 1 aromatic rings. The Morgan fingerprint density at radius 2 is 2.28 bits per heavy atom. The number of carboxylic acids is 1. The van der Waals surface area contributed by atoms with Gasteiger partial charge in [-0.1, -0.05) is 12.1 Å². The van der Waals surface area contributed by atoms with Crippen molar-refractivity contribution in [2.75, 3.05) is 6.61 Å². The standard InChI is InChI=1S/C13H16FNO3/c14-10-3-1-2-9(11(15)6-12(16)17)13(10)18-7-8-4-5-8/h1-3,8,11H,4-7,15H2,(H,16,17). The molecule has 5 heteroatoms. The first-order valence-electron chi connectivity index (χ1n) is 5.96. The van der Waals surface area contributed by atoms with E-state index in [1.807, 2.05) is 0 Å². The minimum atomic E-state index is -1.01. The highest BCUT2D eigenvalue weighted by Gasteiger charge is 2.24. The Morgan fingerprint density at radius 1 is 1.56 bits per heavy atom. The van der Waals surface area contributed by atoms with Crippen LogP contribution >= 0.6 is 0 Å². The first-order chi connectivity index (χ1) is 8.58. The van der Waals surface area contributed by atoms with Crippen LogP contribution in [-0.4, -0.2) is 17.7 Å². The zero-order chi connectivity index (χ0) is 13.1. The molecule has 1 aliphatic rings. The first kappa shape index (κ1) is 12.8. The zero-order valence-electron chi connectivity index (χ0n) is 9.93. The summed E-state index contributed by atoms with van der Waals surface area (Å²) in [4.78, 5) is 10.6. The van der Waals surface area contributed by atoms with Crippen LogP contribution < -0.4 is 10.5 Å². The Labute approximate surface area is 105 Å². The van der Waals surface area contributed by atoms with E-state index < -0.39 is 17.8 Å². The lowest BCUT2D eigenvalue weighted by Crippen LogP contribution is -2.17. The van der Waals surface area contributed by atoms with Crippen molar-refractivity contribution >= 4 is 5.97 Å². The fraction of sp³-hybridized carbons (Fsp3) is 0.462. The third-order valence-corrected chi connectivity index (χ3v) is 2.95. The van der Waals surface area contributed by atoms with Gasteiger partial charge in [0.05, 0.1) is 13.0 Å². The van der Waals surface area contributed by atoms with E-state index in [9.17, 15) is 9.18 Å². The number of ether oxygens (including phenoxy) is 1. The van der Waals surface area contributed by atoms with Crippen LogP contribution in [0.1, 0.15) is 30.9 Å². The average molecular weight is 253 g/mol. The molecule has 0 aromatic heterocycles. The fourth-order valence-corrected chi connectivity index (χ4v) is 1.75. The summed E-state index contributed by atoms with van der Waals surface area (Å²) in [5.41, 5.74) is 6.18. The molecule has 1 atom stereocenters. The molecule has 1 fully saturated rings. The molecule has 98 valence electrons. The van der Waals surface area contributed by atoms with Crippen molar-refractivity contribution in [2.45, 2.75) is 25.3 Å². The summed E-state index contributed by atoms with van der Waals surface area (Å²) >= 11 is 0. The largest absolute Gasteiger partial charge is 0.490 e. The van der Waals surface area contributed by atoms with E-state index in [4.69, 9.17) is 15.6 Å². The number of aliphatic carboxylic acids is 1. The van der Waals surface area contributed by atoms with Gasteiger partial charge >= 0.3 is 5.97 Å². The summed E-state index contributed by atoms with van der Waals surface area (Å²) in [6.07, 6.45) is 1.96. The number of rotatable bonds is 6. The Morgan fingerprint density at radius 3 is 2.89 bits per heavy atom. The Bertz CT molecular complexity index is 446. The number of carboxylic acid groups (broad SMARTS) is 1. The molecule has 1 saturated carbocycles. The fourth-order valence-electron chi connectivity index (χ4n) is 1.75. The quantitative estimate of drug-likeness (QED) is 0.814. The number of para-hydroxylation sites is 1. The van der Waals surface area contributed by atoms with Crippen molar-refractivity contribution in [3.05, 3.63) is 29.6 Å². The molecule has 1 unspecified atom stereocenters. The molecule has 0 heterocycles. The second-order valence-corrected chi connectivity index (χ2v) is 4.62. The highest BCUT2D eigenvalue weighted by Crippen LogP contribution is 2.33. The van der Waals surface area contributed by atoms with Crippen molar-refractivity contribution in [1.82, 2.24) is 0 Å². The summed E-state index contributed by atoms with van der Waals surface area (Å²) in [6.45, 7) is 0.466. The number of hydrogen-bond acceptors (Lipinski definition) is 3. The molecule has 0 radical (unpaired) electrons. The van der Waals surface area contributed by atoms with Gasteiger partial charge in [-0.2, -0.15) is 0 Å². The predicted molar refractivity (Wildman–Crippen MR) is 63.8 cm³/mol. The lowest BCUT2D eigenvalue weighted by molar-refractivity contribution is -0.137. The van der Waals surface area contributed by atoms with E-state index in [0.29, 0.717) is 18.1 Å². The average Bonchev–Trinajstić information content (AvgIpc) is 3.10. The highest BCUT2D eigenvalue weighted by atomic mass is 19.1. The van der Waals surface area contributed by atoms with Gasteiger partial charge < -0.3 is 15.6 Å². The van der Waals surface area contributed by atoms with Crippen LogP contribution in [0.4, 0.5) is 4.39 Å². The molecule has 2 rings (SSSR count). The first-order valence-corrected chi connectivity index (χ1v) is 5.96. The second kappa shape index (κ2) is 5.35. The molecule has 0 spiro atoms. The van der Waals surface area contributed by atoms with Crippen LogP contribution in [0.5, 0.6) is 5.75 Å². The summed E-state index contributed by atoms with van der Waals surface area (Å²) < 4.78 is 19.1. The van der Waals surface area contributed by atoms with Crippen LogP contribution in [0.3, 0.4) is 0 Å². The number of halogens is 1. The SMILES string of the molecule is NC(CC(=O)O)c1cccc(F)c1OCC1CC1. The minimum absolute atomic E-state index is 0.0955.